The van der Waals surface area contributed by atoms with Crippen molar-refractivity contribution in [2.45, 2.75) is 37.8 Å². The quantitative estimate of drug-likeness (QED) is 0.464. The van der Waals surface area contributed by atoms with E-state index in [0.717, 1.165) is 12.8 Å². The van der Waals surface area contributed by atoms with E-state index in [2.05, 4.69) is 10.2 Å². The second-order valence-electron chi connectivity index (χ2n) is 8.06. The van der Waals surface area contributed by atoms with Crippen molar-refractivity contribution in [1.82, 2.24) is 14.6 Å². The number of aromatic nitrogens is 3. The van der Waals surface area contributed by atoms with Crippen LogP contribution in [-0.4, -0.2) is 21.2 Å². The van der Waals surface area contributed by atoms with Gasteiger partial charge in [0.1, 0.15) is 23.0 Å². The molecule has 30 heavy (non-hydrogen) atoms. The minimum atomic E-state index is -4.64. The van der Waals surface area contributed by atoms with Crippen LogP contribution in [-0.2, 0) is 12.6 Å². The van der Waals surface area contributed by atoms with Crippen LogP contribution in [0.4, 0.5) is 17.6 Å². The van der Waals surface area contributed by atoms with Crippen molar-refractivity contribution < 1.29 is 22.3 Å². The van der Waals surface area contributed by atoms with E-state index in [-0.39, 0.29) is 29.8 Å². The lowest BCUT2D eigenvalue weighted by Gasteiger charge is -2.15. The van der Waals surface area contributed by atoms with E-state index in [0.29, 0.717) is 35.2 Å². The number of hydrogen-bond acceptors (Lipinski definition) is 3. The third kappa shape index (κ3) is 3.62. The number of halogens is 5. The SMILES string of the molecule is Fc1cccc(Cl)c1[C@H]1C[C@@H]1COc1ccn2c(CC3CC3)nnc2c1C(F)(F)F. The lowest BCUT2D eigenvalue weighted by atomic mass is 10.1. The zero-order valence-electron chi connectivity index (χ0n) is 15.8. The minimum Gasteiger partial charge on any atom is -0.492 e. The van der Waals surface area contributed by atoms with Gasteiger partial charge in [-0.25, -0.2) is 4.39 Å². The van der Waals surface area contributed by atoms with Crippen molar-refractivity contribution in [2.75, 3.05) is 6.61 Å². The first-order valence-electron chi connectivity index (χ1n) is 9.83. The first-order chi connectivity index (χ1) is 14.3. The molecule has 0 aliphatic heterocycles. The van der Waals surface area contributed by atoms with Gasteiger partial charge in [-0.05, 0) is 49.3 Å². The van der Waals surface area contributed by atoms with Gasteiger partial charge in [0.15, 0.2) is 5.65 Å². The number of hydrogen-bond donors (Lipinski definition) is 0. The molecular weight excluding hydrogens is 422 g/mol. The molecule has 2 aliphatic rings. The third-order valence-electron chi connectivity index (χ3n) is 5.81. The molecule has 2 saturated carbocycles. The summed E-state index contributed by atoms with van der Waals surface area (Å²) in [5.74, 6) is 0.0559. The highest BCUT2D eigenvalue weighted by molar-refractivity contribution is 6.31. The van der Waals surface area contributed by atoms with Crippen LogP contribution in [0.2, 0.25) is 5.02 Å². The number of pyridine rings is 1. The van der Waals surface area contributed by atoms with Crippen molar-refractivity contribution in [2.24, 2.45) is 11.8 Å². The molecule has 158 valence electrons. The smallest absolute Gasteiger partial charge is 0.423 e. The Morgan fingerprint density at radius 3 is 2.67 bits per heavy atom. The predicted octanol–water partition coefficient (Wildman–Crippen LogP) is 5.68. The van der Waals surface area contributed by atoms with Gasteiger partial charge in [0, 0.05) is 29.1 Å². The Kier molecular flexibility index (Phi) is 4.65. The van der Waals surface area contributed by atoms with E-state index in [4.69, 9.17) is 16.3 Å². The van der Waals surface area contributed by atoms with Crippen LogP contribution in [0.15, 0.2) is 30.5 Å². The predicted molar refractivity (Wildman–Crippen MR) is 102 cm³/mol. The van der Waals surface area contributed by atoms with E-state index in [1.165, 1.54) is 28.8 Å². The summed E-state index contributed by atoms with van der Waals surface area (Å²) in [6.07, 6.45) is 0.245. The lowest BCUT2D eigenvalue weighted by molar-refractivity contribution is -0.138. The Morgan fingerprint density at radius 2 is 1.97 bits per heavy atom. The van der Waals surface area contributed by atoms with Crippen LogP contribution < -0.4 is 4.74 Å². The van der Waals surface area contributed by atoms with E-state index < -0.39 is 17.6 Å². The Morgan fingerprint density at radius 1 is 1.17 bits per heavy atom. The van der Waals surface area contributed by atoms with Crippen LogP contribution in [0.5, 0.6) is 5.75 Å². The maximum atomic E-state index is 14.1. The number of nitrogens with zero attached hydrogens (tertiary/aromatic N) is 3. The first kappa shape index (κ1) is 19.6. The molecule has 0 spiro atoms. The van der Waals surface area contributed by atoms with Crippen LogP contribution in [0.1, 0.15) is 42.1 Å². The molecule has 0 N–H and O–H groups in total. The molecule has 2 aromatic heterocycles. The van der Waals surface area contributed by atoms with Gasteiger partial charge in [0.2, 0.25) is 0 Å². The second kappa shape index (κ2) is 7.11. The van der Waals surface area contributed by atoms with Crippen molar-refractivity contribution >= 4 is 17.2 Å². The summed E-state index contributed by atoms with van der Waals surface area (Å²) in [7, 11) is 0. The summed E-state index contributed by atoms with van der Waals surface area (Å²) in [5, 5.41) is 8.10. The third-order valence-corrected chi connectivity index (χ3v) is 6.14. The highest BCUT2D eigenvalue weighted by atomic mass is 35.5. The van der Waals surface area contributed by atoms with Crippen molar-refractivity contribution in [3.63, 3.8) is 0 Å². The highest BCUT2D eigenvalue weighted by Gasteiger charge is 2.43. The van der Waals surface area contributed by atoms with Crippen molar-refractivity contribution in [3.05, 3.63) is 58.3 Å². The van der Waals surface area contributed by atoms with Gasteiger partial charge in [0.25, 0.3) is 0 Å². The standard InChI is InChI=1S/C21H18ClF4N3O/c22-14-2-1-3-15(23)18(14)13-9-12(13)10-30-16-6-7-29-17(8-11-4-5-11)27-28-20(29)19(16)21(24,25)26/h1-3,6-7,11-13H,4-5,8-10H2/t12-,13+/m1/s1. The molecule has 0 saturated heterocycles. The van der Waals surface area contributed by atoms with Gasteiger partial charge in [0.05, 0.1) is 6.61 Å². The molecule has 1 aromatic carbocycles. The number of benzene rings is 1. The molecular formula is C21H18ClF4N3O. The summed E-state index contributed by atoms with van der Waals surface area (Å²) < 4.78 is 62.5. The van der Waals surface area contributed by atoms with Crippen LogP contribution in [0, 0.1) is 17.7 Å². The van der Waals surface area contributed by atoms with E-state index in [9.17, 15) is 17.6 Å². The maximum Gasteiger partial charge on any atom is 0.423 e. The molecule has 0 unspecified atom stereocenters. The fourth-order valence-electron chi connectivity index (χ4n) is 3.94. The molecule has 0 radical (unpaired) electrons. The summed E-state index contributed by atoms with van der Waals surface area (Å²) >= 11 is 6.09. The monoisotopic (exact) mass is 439 g/mol. The van der Waals surface area contributed by atoms with Gasteiger partial charge in [-0.2, -0.15) is 13.2 Å². The summed E-state index contributed by atoms with van der Waals surface area (Å²) in [5.41, 5.74) is -0.776. The van der Waals surface area contributed by atoms with Crippen molar-refractivity contribution in [1.29, 1.82) is 0 Å². The van der Waals surface area contributed by atoms with E-state index >= 15 is 0 Å². The van der Waals surface area contributed by atoms with Gasteiger partial charge >= 0.3 is 6.18 Å². The normalized spacial score (nSPS) is 21.2. The van der Waals surface area contributed by atoms with Crippen LogP contribution >= 0.6 is 11.6 Å². The minimum absolute atomic E-state index is 0.0393. The average Bonchev–Trinajstić information content (AvgIpc) is 3.59. The number of rotatable bonds is 6. The topological polar surface area (TPSA) is 39.4 Å². The van der Waals surface area contributed by atoms with E-state index in [1.807, 2.05) is 0 Å². The van der Waals surface area contributed by atoms with Crippen molar-refractivity contribution in [3.8, 4) is 5.75 Å². The molecule has 4 nitrogen and oxygen atoms in total. The van der Waals surface area contributed by atoms with Gasteiger partial charge in [-0.1, -0.05) is 17.7 Å². The number of alkyl halides is 3. The molecule has 0 amide bonds. The summed E-state index contributed by atoms with van der Waals surface area (Å²) in [6, 6.07) is 5.77. The Balaban J connectivity index is 1.38. The molecule has 2 atom stereocenters. The molecule has 2 aliphatic carbocycles. The zero-order valence-corrected chi connectivity index (χ0v) is 16.5. The first-order valence-corrected chi connectivity index (χ1v) is 10.2. The fourth-order valence-corrected chi connectivity index (χ4v) is 4.24. The summed E-state index contributed by atoms with van der Waals surface area (Å²) in [4.78, 5) is 0. The molecule has 9 heteroatoms. The van der Waals surface area contributed by atoms with Gasteiger partial charge < -0.3 is 4.74 Å². The lowest BCUT2D eigenvalue weighted by Crippen LogP contribution is -2.13. The molecule has 0 bridgehead atoms. The Hall–Kier alpha value is -2.35. The Labute approximate surface area is 174 Å². The molecule has 2 heterocycles. The van der Waals surface area contributed by atoms with Gasteiger partial charge in [-0.3, -0.25) is 4.40 Å². The maximum absolute atomic E-state index is 14.1. The average molecular weight is 440 g/mol. The Bertz CT molecular complexity index is 1090. The van der Waals surface area contributed by atoms with Crippen LogP contribution in [0.3, 0.4) is 0 Å². The molecule has 2 fully saturated rings. The number of ether oxygens (including phenoxy) is 1. The summed E-state index contributed by atoms with van der Waals surface area (Å²) in [6.45, 7) is 0.0393. The number of fused-ring (bicyclic) bond motifs is 1. The van der Waals surface area contributed by atoms with Crippen LogP contribution in [0.25, 0.3) is 5.65 Å². The highest BCUT2D eigenvalue weighted by Crippen LogP contribution is 2.51. The molecule has 3 aromatic rings. The van der Waals surface area contributed by atoms with Gasteiger partial charge in [-0.15, -0.1) is 10.2 Å². The largest absolute Gasteiger partial charge is 0.492 e. The van der Waals surface area contributed by atoms with E-state index in [1.54, 1.807) is 6.07 Å². The fraction of sp³-hybridized carbons (Fsp3) is 0.429. The second-order valence-corrected chi connectivity index (χ2v) is 8.47. The zero-order chi connectivity index (χ0) is 21.0. The molecule has 5 rings (SSSR count).